The molecule has 1 aromatic heterocycles. The van der Waals surface area contributed by atoms with Crippen LogP contribution in [0.25, 0.3) is 0 Å². The minimum atomic E-state index is -0.329. The molecule has 21 heavy (non-hydrogen) atoms. The third-order valence-electron chi connectivity index (χ3n) is 3.17. The minimum Gasteiger partial charge on any atom is -0.462 e. The number of fused-ring (bicyclic) bond motifs is 1. The highest BCUT2D eigenvalue weighted by molar-refractivity contribution is 7.80. The van der Waals surface area contributed by atoms with E-state index in [1.807, 2.05) is 0 Å². The molecule has 0 atom stereocenters. The third kappa shape index (κ3) is 3.79. The molecular formula is C14H18N2O3S2. The topological polar surface area (TPSA) is 67.4 Å². The van der Waals surface area contributed by atoms with Crippen LogP contribution in [0.4, 0.5) is 5.00 Å². The lowest BCUT2D eigenvalue weighted by atomic mass is 9.95. The molecule has 0 saturated heterocycles. The summed E-state index contributed by atoms with van der Waals surface area (Å²) in [4.78, 5) is 24.5. The number of thiophene rings is 1. The molecule has 0 radical (unpaired) electrons. The van der Waals surface area contributed by atoms with E-state index in [0.29, 0.717) is 17.2 Å². The zero-order valence-corrected chi connectivity index (χ0v) is 13.7. The van der Waals surface area contributed by atoms with E-state index < -0.39 is 0 Å². The summed E-state index contributed by atoms with van der Waals surface area (Å²) in [5.74, 6) is -0.573. The van der Waals surface area contributed by atoms with Crippen LogP contribution in [0.1, 0.15) is 47.5 Å². The largest absolute Gasteiger partial charge is 0.462 e. The normalized spacial score (nSPS) is 13.2. The zero-order chi connectivity index (χ0) is 15.4. The summed E-state index contributed by atoms with van der Waals surface area (Å²) in [6.45, 7) is 3.50. The Morgan fingerprint density at radius 3 is 2.71 bits per heavy atom. The third-order valence-corrected chi connectivity index (χ3v) is 4.58. The van der Waals surface area contributed by atoms with E-state index in [1.54, 1.807) is 6.92 Å². The van der Waals surface area contributed by atoms with Gasteiger partial charge in [-0.2, -0.15) is 0 Å². The van der Waals surface area contributed by atoms with Gasteiger partial charge in [-0.3, -0.25) is 4.79 Å². The molecule has 114 valence electrons. The quantitative estimate of drug-likeness (QED) is 0.660. The lowest BCUT2D eigenvalue weighted by Crippen LogP contribution is -2.32. The fraction of sp³-hybridized carbons (Fsp3) is 0.500. The van der Waals surface area contributed by atoms with Crippen LogP contribution in [0.15, 0.2) is 0 Å². The number of esters is 1. The molecule has 7 heteroatoms. The summed E-state index contributed by atoms with van der Waals surface area (Å²) in [6.07, 6.45) is 4.06. The number of rotatable bonds is 3. The maximum absolute atomic E-state index is 12.2. The highest BCUT2D eigenvalue weighted by Crippen LogP contribution is 2.38. The van der Waals surface area contributed by atoms with E-state index in [0.717, 1.165) is 31.2 Å². The molecule has 2 N–H and O–H groups in total. The second kappa shape index (κ2) is 7.00. The standard InChI is InChI=1S/C14H18N2O3S2/c1-3-19-13(18)11-9-6-4-5-7-10(9)21-12(11)16-14(20)15-8(2)17/h3-7H2,1-2H3,(H2,15,16,17,20). The van der Waals surface area contributed by atoms with Crippen LogP contribution in [-0.4, -0.2) is 23.6 Å². The number of ether oxygens (including phenoxy) is 1. The molecule has 0 unspecified atom stereocenters. The Kier molecular flexibility index (Phi) is 5.30. The Bertz CT molecular complexity index is 581. The summed E-state index contributed by atoms with van der Waals surface area (Å²) >= 11 is 6.60. The molecule has 0 aliphatic heterocycles. The van der Waals surface area contributed by atoms with E-state index in [1.165, 1.54) is 23.1 Å². The van der Waals surface area contributed by atoms with Crippen LogP contribution >= 0.6 is 23.6 Å². The Hall–Kier alpha value is -1.47. The molecule has 0 fully saturated rings. The van der Waals surface area contributed by atoms with Crippen molar-refractivity contribution in [1.82, 2.24) is 5.32 Å². The van der Waals surface area contributed by atoms with Gasteiger partial charge in [0.25, 0.3) is 0 Å². The SMILES string of the molecule is CCOC(=O)c1c(NC(=S)NC(C)=O)sc2c1CCCC2. The van der Waals surface area contributed by atoms with Gasteiger partial charge < -0.3 is 15.4 Å². The summed E-state index contributed by atoms with van der Waals surface area (Å²) in [6, 6.07) is 0. The maximum Gasteiger partial charge on any atom is 0.341 e. The van der Waals surface area contributed by atoms with Crippen molar-refractivity contribution in [2.75, 3.05) is 11.9 Å². The van der Waals surface area contributed by atoms with Crippen molar-refractivity contribution in [3.63, 3.8) is 0 Å². The van der Waals surface area contributed by atoms with Crippen LogP contribution in [0.3, 0.4) is 0 Å². The molecule has 0 spiro atoms. The van der Waals surface area contributed by atoms with Crippen molar-refractivity contribution in [2.24, 2.45) is 0 Å². The predicted octanol–water partition coefficient (Wildman–Crippen LogP) is 2.64. The number of nitrogens with one attached hydrogen (secondary N) is 2. The second-order valence-corrected chi connectivity index (χ2v) is 6.28. The van der Waals surface area contributed by atoms with Gasteiger partial charge >= 0.3 is 5.97 Å². The maximum atomic E-state index is 12.2. The van der Waals surface area contributed by atoms with E-state index in [2.05, 4.69) is 10.6 Å². The van der Waals surface area contributed by atoms with Gasteiger partial charge in [0.1, 0.15) is 5.00 Å². The molecular weight excluding hydrogens is 308 g/mol. The Morgan fingerprint density at radius 2 is 2.05 bits per heavy atom. The van der Waals surface area contributed by atoms with Crippen molar-refractivity contribution >= 4 is 45.5 Å². The van der Waals surface area contributed by atoms with Crippen molar-refractivity contribution in [1.29, 1.82) is 0 Å². The van der Waals surface area contributed by atoms with Crippen molar-refractivity contribution in [3.8, 4) is 0 Å². The molecule has 1 aromatic rings. The van der Waals surface area contributed by atoms with Gasteiger partial charge in [0, 0.05) is 11.8 Å². The number of thiocarbonyl (C=S) groups is 1. The number of anilines is 1. The fourth-order valence-electron chi connectivity index (χ4n) is 2.37. The first-order chi connectivity index (χ1) is 10.0. The molecule has 0 aromatic carbocycles. The van der Waals surface area contributed by atoms with E-state index >= 15 is 0 Å². The molecule has 1 heterocycles. The number of aryl methyl sites for hydroxylation is 1. The first kappa shape index (κ1) is 15.9. The van der Waals surface area contributed by atoms with Crippen LogP contribution in [0, 0.1) is 0 Å². The monoisotopic (exact) mass is 326 g/mol. The molecule has 1 aliphatic rings. The number of carbonyl (C=O) groups is 2. The number of amides is 1. The summed E-state index contributed by atoms with van der Waals surface area (Å²) in [5.41, 5.74) is 1.64. The van der Waals surface area contributed by atoms with Crippen molar-refractivity contribution < 1.29 is 14.3 Å². The highest BCUT2D eigenvalue weighted by atomic mass is 32.1. The Labute approximate surface area is 133 Å². The van der Waals surface area contributed by atoms with Crippen LogP contribution in [-0.2, 0) is 22.4 Å². The predicted molar refractivity (Wildman–Crippen MR) is 87.0 cm³/mol. The first-order valence-electron chi connectivity index (χ1n) is 6.93. The Morgan fingerprint density at radius 1 is 1.33 bits per heavy atom. The van der Waals surface area contributed by atoms with Gasteiger partial charge in [-0.05, 0) is 50.4 Å². The van der Waals surface area contributed by atoms with Gasteiger partial charge in [0.2, 0.25) is 5.91 Å². The van der Waals surface area contributed by atoms with Crippen molar-refractivity contribution in [3.05, 3.63) is 16.0 Å². The average Bonchev–Trinajstić information content (AvgIpc) is 2.75. The molecule has 1 amide bonds. The summed E-state index contributed by atoms with van der Waals surface area (Å²) in [5, 5.41) is 6.33. The van der Waals surface area contributed by atoms with Crippen LogP contribution in [0.2, 0.25) is 0 Å². The van der Waals surface area contributed by atoms with Gasteiger partial charge in [-0.25, -0.2) is 4.79 Å². The summed E-state index contributed by atoms with van der Waals surface area (Å²) in [7, 11) is 0. The molecule has 0 saturated carbocycles. The van der Waals surface area contributed by atoms with Gasteiger partial charge in [0.05, 0.1) is 12.2 Å². The zero-order valence-electron chi connectivity index (χ0n) is 12.1. The van der Waals surface area contributed by atoms with Crippen LogP contribution < -0.4 is 10.6 Å². The number of carbonyl (C=O) groups excluding carboxylic acids is 2. The summed E-state index contributed by atoms with van der Waals surface area (Å²) < 4.78 is 5.15. The molecule has 5 nitrogen and oxygen atoms in total. The average molecular weight is 326 g/mol. The Balaban J connectivity index is 2.30. The fourth-order valence-corrected chi connectivity index (χ4v) is 3.96. The second-order valence-electron chi connectivity index (χ2n) is 4.77. The van der Waals surface area contributed by atoms with E-state index in [9.17, 15) is 9.59 Å². The number of hydrogen-bond acceptors (Lipinski definition) is 5. The first-order valence-corrected chi connectivity index (χ1v) is 8.15. The smallest absolute Gasteiger partial charge is 0.341 e. The highest BCUT2D eigenvalue weighted by Gasteiger charge is 2.26. The van der Waals surface area contributed by atoms with Gasteiger partial charge in [-0.15, -0.1) is 11.3 Å². The molecule has 2 rings (SSSR count). The van der Waals surface area contributed by atoms with Gasteiger partial charge in [0.15, 0.2) is 5.11 Å². The molecule has 1 aliphatic carbocycles. The minimum absolute atomic E-state index is 0.201. The van der Waals surface area contributed by atoms with E-state index in [4.69, 9.17) is 17.0 Å². The molecule has 0 bridgehead atoms. The van der Waals surface area contributed by atoms with Crippen LogP contribution in [0.5, 0.6) is 0 Å². The van der Waals surface area contributed by atoms with E-state index in [-0.39, 0.29) is 17.0 Å². The number of hydrogen-bond donors (Lipinski definition) is 2. The lowest BCUT2D eigenvalue weighted by molar-refractivity contribution is -0.117. The van der Waals surface area contributed by atoms with Gasteiger partial charge in [-0.1, -0.05) is 0 Å². The lowest BCUT2D eigenvalue weighted by Gasteiger charge is -2.12. The van der Waals surface area contributed by atoms with Crippen molar-refractivity contribution in [2.45, 2.75) is 39.5 Å².